The zero-order chi connectivity index (χ0) is 13.1. The topological polar surface area (TPSA) is 24.9 Å². The molecule has 1 aromatic heterocycles. The highest BCUT2D eigenvalue weighted by Gasteiger charge is 2.16. The number of aromatic nitrogens is 1. The van der Waals surface area contributed by atoms with Crippen LogP contribution in [0.2, 0.25) is 5.02 Å². The summed E-state index contributed by atoms with van der Waals surface area (Å²) in [5.41, 5.74) is 2.53. The molecule has 1 N–H and O–H groups in total. The van der Waals surface area contributed by atoms with Crippen LogP contribution >= 0.6 is 11.6 Å². The van der Waals surface area contributed by atoms with Gasteiger partial charge in [0.2, 0.25) is 0 Å². The van der Waals surface area contributed by atoms with Crippen LogP contribution in [0.15, 0.2) is 36.7 Å². The number of halogens is 2. The zero-order valence-electron chi connectivity index (χ0n) is 10.2. The maximum atomic E-state index is 13.8. The lowest BCUT2D eigenvalue weighted by molar-refractivity contribution is 0.570. The largest absolute Gasteiger partial charge is 0.309 e. The lowest BCUT2D eigenvalue weighted by Crippen LogP contribution is -2.19. The number of nitrogens with zero attached hydrogens (tertiary/aromatic N) is 1. The second-order valence-corrected chi connectivity index (χ2v) is 4.53. The lowest BCUT2D eigenvalue weighted by Gasteiger charge is -2.18. The van der Waals surface area contributed by atoms with Crippen molar-refractivity contribution in [1.82, 2.24) is 10.3 Å². The van der Waals surface area contributed by atoms with Gasteiger partial charge in [-0.3, -0.25) is 4.98 Å². The van der Waals surface area contributed by atoms with Gasteiger partial charge in [-0.2, -0.15) is 0 Å². The van der Waals surface area contributed by atoms with E-state index in [0.717, 1.165) is 11.1 Å². The summed E-state index contributed by atoms with van der Waals surface area (Å²) in [6.45, 7) is 1.93. The normalized spacial score (nSPS) is 12.4. The van der Waals surface area contributed by atoms with Crippen molar-refractivity contribution >= 4 is 11.6 Å². The van der Waals surface area contributed by atoms with Crippen LogP contribution in [0, 0.1) is 12.7 Å². The van der Waals surface area contributed by atoms with Gasteiger partial charge in [0, 0.05) is 16.8 Å². The van der Waals surface area contributed by atoms with Crippen LogP contribution in [0.4, 0.5) is 4.39 Å². The molecular formula is C14H14ClFN2. The molecule has 1 atom stereocenters. The zero-order valence-corrected chi connectivity index (χ0v) is 11.0. The molecule has 18 heavy (non-hydrogen) atoms. The van der Waals surface area contributed by atoms with Crippen molar-refractivity contribution in [2.45, 2.75) is 13.0 Å². The number of pyridine rings is 1. The summed E-state index contributed by atoms with van der Waals surface area (Å²) in [5.74, 6) is -0.315. The highest BCUT2D eigenvalue weighted by atomic mass is 35.5. The minimum absolute atomic E-state index is 0.205. The van der Waals surface area contributed by atoms with E-state index in [4.69, 9.17) is 11.6 Å². The Bertz CT molecular complexity index is 557. The molecule has 0 saturated carbocycles. The summed E-state index contributed by atoms with van der Waals surface area (Å²) in [7, 11) is 1.80. The van der Waals surface area contributed by atoms with Crippen molar-refractivity contribution in [3.63, 3.8) is 0 Å². The summed E-state index contributed by atoms with van der Waals surface area (Å²) < 4.78 is 13.8. The van der Waals surface area contributed by atoms with Crippen LogP contribution < -0.4 is 5.32 Å². The van der Waals surface area contributed by atoms with E-state index in [1.54, 1.807) is 19.3 Å². The van der Waals surface area contributed by atoms with Crippen molar-refractivity contribution in [2.75, 3.05) is 7.05 Å². The van der Waals surface area contributed by atoms with Gasteiger partial charge in [0.05, 0.1) is 12.2 Å². The van der Waals surface area contributed by atoms with Crippen LogP contribution in [0.3, 0.4) is 0 Å². The van der Waals surface area contributed by atoms with Crippen molar-refractivity contribution in [3.8, 4) is 0 Å². The fourth-order valence-corrected chi connectivity index (χ4v) is 2.09. The second kappa shape index (κ2) is 5.46. The van der Waals surface area contributed by atoms with Gasteiger partial charge in [0.25, 0.3) is 0 Å². The molecule has 0 saturated heterocycles. The Balaban J connectivity index is 2.45. The Labute approximate surface area is 111 Å². The van der Waals surface area contributed by atoms with Gasteiger partial charge in [-0.1, -0.05) is 23.7 Å². The number of nitrogens with one attached hydrogen (secondary N) is 1. The highest BCUT2D eigenvalue weighted by molar-refractivity contribution is 6.31. The molecular weight excluding hydrogens is 251 g/mol. The van der Waals surface area contributed by atoms with Gasteiger partial charge in [0.15, 0.2) is 0 Å². The van der Waals surface area contributed by atoms with Crippen LogP contribution in [0.5, 0.6) is 0 Å². The molecule has 1 heterocycles. The first kappa shape index (κ1) is 13.0. The SMILES string of the molecule is CNC(c1ccc(Cl)c(C)c1)c1ccncc1F. The quantitative estimate of drug-likeness (QED) is 0.918. The standard InChI is InChI=1S/C14H14ClFN2/c1-9-7-10(3-4-12(9)15)14(17-2)11-5-6-18-8-13(11)16/h3-8,14,17H,1-2H3. The van der Waals surface area contributed by atoms with Crippen LogP contribution in [0.25, 0.3) is 0 Å². The third-order valence-electron chi connectivity index (χ3n) is 2.92. The highest BCUT2D eigenvalue weighted by Crippen LogP contribution is 2.26. The molecule has 1 aromatic carbocycles. The molecule has 0 aliphatic rings. The van der Waals surface area contributed by atoms with Gasteiger partial charge < -0.3 is 5.32 Å². The van der Waals surface area contributed by atoms with E-state index in [9.17, 15) is 4.39 Å². The summed E-state index contributed by atoms with van der Waals surface area (Å²) in [6.07, 6.45) is 2.81. The fourth-order valence-electron chi connectivity index (χ4n) is 1.97. The number of benzene rings is 1. The molecule has 4 heteroatoms. The molecule has 0 spiro atoms. The van der Waals surface area contributed by atoms with Crippen molar-refractivity contribution in [2.24, 2.45) is 0 Å². The molecule has 0 amide bonds. The monoisotopic (exact) mass is 264 g/mol. The first-order valence-electron chi connectivity index (χ1n) is 5.66. The molecule has 0 bridgehead atoms. The van der Waals surface area contributed by atoms with Crippen molar-refractivity contribution in [3.05, 3.63) is 64.2 Å². The van der Waals surface area contributed by atoms with Crippen LogP contribution in [0.1, 0.15) is 22.7 Å². The van der Waals surface area contributed by atoms with Gasteiger partial charge >= 0.3 is 0 Å². The molecule has 2 aromatic rings. The van der Waals surface area contributed by atoms with Gasteiger partial charge in [-0.05, 0) is 37.2 Å². The number of rotatable bonds is 3. The van der Waals surface area contributed by atoms with Crippen LogP contribution in [-0.4, -0.2) is 12.0 Å². The average Bonchev–Trinajstić information content (AvgIpc) is 2.37. The van der Waals surface area contributed by atoms with E-state index in [1.807, 2.05) is 25.1 Å². The summed E-state index contributed by atoms with van der Waals surface area (Å²) in [4.78, 5) is 3.76. The van der Waals surface area contributed by atoms with E-state index in [2.05, 4.69) is 10.3 Å². The Morgan fingerprint density at radius 3 is 2.72 bits per heavy atom. The van der Waals surface area contributed by atoms with Crippen molar-refractivity contribution in [1.29, 1.82) is 0 Å². The van der Waals surface area contributed by atoms with Crippen molar-refractivity contribution < 1.29 is 4.39 Å². The first-order valence-corrected chi connectivity index (χ1v) is 6.04. The van der Waals surface area contributed by atoms with Gasteiger partial charge in [-0.25, -0.2) is 4.39 Å². The molecule has 2 rings (SSSR count). The second-order valence-electron chi connectivity index (χ2n) is 4.13. The number of hydrogen-bond donors (Lipinski definition) is 1. The van der Waals surface area contributed by atoms with E-state index in [-0.39, 0.29) is 11.9 Å². The minimum atomic E-state index is -0.315. The maximum absolute atomic E-state index is 13.8. The minimum Gasteiger partial charge on any atom is -0.309 e. The third-order valence-corrected chi connectivity index (χ3v) is 3.34. The van der Waals surface area contributed by atoms with Crippen LogP contribution in [-0.2, 0) is 0 Å². The maximum Gasteiger partial charge on any atom is 0.146 e. The average molecular weight is 265 g/mol. The Morgan fingerprint density at radius 2 is 2.11 bits per heavy atom. The Morgan fingerprint density at radius 1 is 1.33 bits per heavy atom. The van der Waals surface area contributed by atoms with Gasteiger partial charge in [-0.15, -0.1) is 0 Å². The lowest BCUT2D eigenvalue weighted by atomic mass is 9.98. The molecule has 0 aliphatic carbocycles. The molecule has 94 valence electrons. The Hall–Kier alpha value is -1.45. The van der Waals surface area contributed by atoms with E-state index < -0.39 is 0 Å². The number of hydrogen-bond acceptors (Lipinski definition) is 2. The number of aryl methyl sites for hydroxylation is 1. The van der Waals surface area contributed by atoms with Gasteiger partial charge in [0.1, 0.15) is 5.82 Å². The molecule has 1 unspecified atom stereocenters. The molecule has 0 aliphatic heterocycles. The predicted molar refractivity (Wildman–Crippen MR) is 71.3 cm³/mol. The third kappa shape index (κ3) is 2.52. The summed E-state index contributed by atoms with van der Waals surface area (Å²) >= 11 is 6.00. The van der Waals surface area contributed by atoms with E-state index in [0.29, 0.717) is 10.6 Å². The molecule has 2 nitrogen and oxygen atoms in total. The Kier molecular flexibility index (Phi) is 3.94. The fraction of sp³-hybridized carbons (Fsp3) is 0.214. The molecule has 0 radical (unpaired) electrons. The van der Waals surface area contributed by atoms with E-state index >= 15 is 0 Å². The summed E-state index contributed by atoms with van der Waals surface area (Å²) in [5, 5.41) is 3.82. The first-order chi connectivity index (χ1) is 8.63. The van der Waals surface area contributed by atoms with E-state index in [1.165, 1.54) is 6.20 Å². The molecule has 0 fully saturated rings. The smallest absolute Gasteiger partial charge is 0.146 e. The predicted octanol–water partition coefficient (Wildman–Crippen LogP) is 3.49. The summed E-state index contributed by atoms with van der Waals surface area (Å²) in [6, 6.07) is 7.17.